The van der Waals surface area contributed by atoms with Gasteiger partial charge in [0.15, 0.2) is 10.1 Å². The second-order valence-corrected chi connectivity index (χ2v) is 46.5. The maximum absolute atomic E-state index is 11.4. The number of aryl methyl sites for hydroxylation is 4. The van der Waals surface area contributed by atoms with Crippen LogP contribution in [0.4, 0.5) is 39.5 Å². The molecule has 2 heterocycles. The van der Waals surface area contributed by atoms with Gasteiger partial charge in [-0.05, 0) is 240 Å². The molecule has 4 aliphatic rings. The molecule has 781 valence electrons. The Balaban J connectivity index is -0.000000191. The number of aliphatic hydroxyl groups is 1. The fraction of sp³-hybridized carbons (Fsp3) is 0.510. The van der Waals surface area contributed by atoms with E-state index in [4.69, 9.17) is 68.6 Å². The van der Waals surface area contributed by atoms with Gasteiger partial charge >= 0.3 is 166 Å². The van der Waals surface area contributed by atoms with Crippen LogP contribution in [0, 0.1) is 176 Å². The van der Waals surface area contributed by atoms with Gasteiger partial charge in [0.05, 0.1) is 42.7 Å². The molecule has 4 saturated carbocycles. The van der Waals surface area contributed by atoms with E-state index in [-0.39, 0.29) is 166 Å². The van der Waals surface area contributed by atoms with E-state index in [2.05, 4.69) is 254 Å². The van der Waals surface area contributed by atoms with Crippen molar-refractivity contribution in [3.05, 3.63) is 247 Å². The van der Waals surface area contributed by atoms with Crippen LogP contribution in [0.15, 0.2) is 214 Å². The smallest absolute Gasteiger partial charge is 0.102 e. The number of pyridine rings is 2. The quantitative estimate of drug-likeness (QED) is 0.0165. The van der Waals surface area contributed by atoms with Crippen LogP contribution in [0.3, 0.4) is 0 Å². The number of alkyl halides is 9. The Morgan fingerprint density at radius 3 is 0.540 bits per heavy atom. The maximum atomic E-state index is 11.4. The van der Waals surface area contributed by atoms with E-state index in [1.165, 1.54) is 31.8 Å². The van der Waals surface area contributed by atoms with Crippen LogP contribution in [0.5, 0.6) is 0 Å². The molecule has 35 heteroatoms. The first-order valence-electron chi connectivity index (χ1n) is 42.7. The van der Waals surface area contributed by atoms with Crippen molar-refractivity contribution in [1.82, 2.24) is 9.97 Å². The van der Waals surface area contributed by atoms with Gasteiger partial charge in [-0.15, -0.1) is 19.6 Å². The molecule has 4 fully saturated rings. The minimum Gasteiger partial charge on any atom is -0.776 e. The van der Waals surface area contributed by atoms with Crippen LogP contribution >= 0.6 is 15.8 Å². The molecule has 0 spiro atoms. The number of benzene rings is 6. The van der Waals surface area contributed by atoms with Crippen molar-refractivity contribution in [1.29, 1.82) is 0 Å². The molecule has 4 radical (unpaired) electrons. The average Bonchev–Trinajstić information content (AvgIpc) is 1.64. The van der Waals surface area contributed by atoms with Crippen LogP contribution in [0.2, 0.25) is 0 Å². The Bertz CT molecular complexity index is 4310. The predicted molar refractivity (Wildman–Crippen MR) is 550 cm³/mol. The van der Waals surface area contributed by atoms with Crippen LogP contribution in [-0.2, 0) is 167 Å². The largest absolute Gasteiger partial charge is 0.776 e. The van der Waals surface area contributed by atoms with Crippen LogP contribution in [0.25, 0.3) is 0 Å². The molecule has 0 bridgehead atoms. The van der Waals surface area contributed by atoms with Gasteiger partial charge < -0.3 is 89.9 Å². The normalized spacial score (nSPS) is 23.6. The van der Waals surface area contributed by atoms with E-state index in [0.29, 0.717) is 0 Å². The van der Waals surface area contributed by atoms with Crippen molar-refractivity contribution < 1.29 is 212 Å². The number of aromatic nitrogens is 2. The van der Waals surface area contributed by atoms with Crippen molar-refractivity contribution in [3.63, 3.8) is 0 Å². The van der Waals surface area contributed by atoms with Gasteiger partial charge in [0.25, 0.3) is 0 Å². The van der Waals surface area contributed by atoms with Crippen molar-refractivity contribution in [2.75, 3.05) is 0 Å². The molecule has 12 rings (SSSR count). The van der Waals surface area contributed by atoms with Gasteiger partial charge in [-0.25, -0.2) is 8.42 Å². The van der Waals surface area contributed by atoms with E-state index >= 15 is 0 Å². The van der Waals surface area contributed by atoms with Crippen LogP contribution in [-0.4, -0.2) is 67.0 Å². The summed E-state index contributed by atoms with van der Waals surface area (Å²) in [5.41, 5.74) is -14.0. The third-order valence-corrected chi connectivity index (χ3v) is 36.6. The fourth-order valence-electron chi connectivity index (χ4n) is 15.9. The Labute approximate surface area is 941 Å². The number of hydrogen-bond acceptors (Lipinski definition) is 16. The summed E-state index contributed by atoms with van der Waals surface area (Å²) in [4.78, 5) is 12.0. The van der Waals surface area contributed by atoms with Crippen LogP contribution in [0.1, 0.15) is 189 Å². The molecule has 0 aliphatic heterocycles. The van der Waals surface area contributed by atoms with Gasteiger partial charge in [0.1, 0.15) is 10.6 Å². The topological polar surface area (TPSA) is 190 Å². The number of halogens is 9. The summed E-state index contributed by atoms with van der Waals surface area (Å²) >= 11 is 22.3. The molecule has 8 aromatic rings. The van der Waals surface area contributed by atoms with Crippen molar-refractivity contribution in [2.24, 2.45) is 118 Å². The van der Waals surface area contributed by atoms with Gasteiger partial charge in [0, 0.05) is 22.8 Å². The molecule has 0 atom stereocenters. The molecule has 2 aromatic heterocycles. The van der Waals surface area contributed by atoms with Gasteiger partial charge in [-0.2, -0.15) is 56.3 Å². The predicted octanol–water partition coefficient (Wildman–Crippen LogP) is 22.7. The second kappa shape index (κ2) is 70.5. The standard InChI is InChI=1S/2C18H15PS2.4C10H20.2C7H9N.C4H10O.C2F6O6S2.CHF3O3S.CH4.4CH3.K.4Ru.H/c2*20-17-12-6-4-10-15(17)19(14-8-2-1-3-9-14)16-11-5-7-13-18(16)21;4*1-6-7(2)9(4)10(5)8(6)3;2*1-6-4-3-5-7(2)8-6;1-4(2,3)5;3-1(4,5)15(9,10)13-14-16(11,12)2(6,7)8;2-1(3,4)8(5,6)7;;;;;;;;;;;/h2*1-13,20-21H;4*6-10H,1-5H3;2*3-5H,1-2H3;5H,1-3H3;;(H,5,6,7);1H4;4*1H3;;;;;;/q;;;;;;;;;;;;4*-1;5*+1;/p-3. The Morgan fingerprint density at radius 1 is 0.299 bits per heavy atom. The summed E-state index contributed by atoms with van der Waals surface area (Å²) in [5.74, 6) is 18.7. The second-order valence-electron chi connectivity index (χ2n) is 35.5. The Morgan fingerprint density at radius 2 is 0.431 bits per heavy atom. The number of hydrogen-bond donors (Lipinski definition) is 1. The summed E-state index contributed by atoms with van der Waals surface area (Å²) in [6, 6.07) is 65.9. The molecular weight excluding hydrogens is 2310 g/mol. The first kappa shape index (κ1) is 153. The van der Waals surface area contributed by atoms with Gasteiger partial charge in [0.2, 0.25) is 0 Å². The number of rotatable bonds is 9. The zero-order chi connectivity index (χ0) is 97.7. The Kier molecular flexibility index (Phi) is 78.8. The SMILES string of the molecule is C.CC(C)(C)O.CC1C(C)C(C)C(C)C1C.CC1C(C)C(C)C(C)C1C.CC1C(C)C(C)C(C)C1C.CC1C(C)C(C)C(C)C1C.Cc1cccc(C)n1.Cc1cccc(C)n1.O=S(=O)(OOS(=O)(=O)C(F)(F)F)C(F)(F)F.O=S(=O)([O-])C(F)(F)F.[CH3-].[CH3-].[CH3-].[CH3-].[K+].[Ru+].[Ru+].[Ru+].[RuH+].[S-]c1ccccc1[PH+](c1ccccc1)c1ccccc1[S-].[S-]c1ccccc1[PH+](c1ccccc1)c1ccccc1[S-]. The third kappa shape index (κ3) is 50.4. The molecule has 1 N–H and O–H groups in total. The maximum Gasteiger partial charge on any atom is 0.102 e. The number of nitrogens with zero attached hydrogens (tertiary/aromatic N) is 2. The summed E-state index contributed by atoms with van der Waals surface area (Å²) in [5, 5.41) is 16.1. The molecule has 6 aromatic carbocycles. The van der Waals surface area contributed by atoms with E-state index in [1.54, 1.807) is 20.8 Å². The van der Waals surface area contributed by atoms with Crippen LogP contribution < -0.4 is 83.2 Å². The molecule has 0 saturated heterocycles. The molecule has 12 nitrogen and oxygen atoms in total. The zero-order valence-electron chi connectivity index (χ0n) is 84.7. The summed E-state index contributed by atoms with van der Waals surface area (Å²) in [6.45, 7) is 61.2. The first-order chi connectivity index (χ1) is 58.3. The summed E-state index contributed by atoms with van der Waals surface area (Å²) in [7, 11) is -21.6. The molecular formula is C102H153F9KN2O10P2Ru4S7-2. The monoisotopic (exact) mass is 2470 g/mol. The van der Waals surface area contributed by atoms with Gasteiger partial charge in [-0.1, -0.05) is 276 Å². The average molecular weight is 2470 g/mol. The minimum atomic E-state index is -6.59. The fourth-order valence-corrected chi connectivity index (χ4v) is 23.7. The zero-order valence-corrected chi connectivity index (χ0v) is 103. The van der Waals surface area contributed by atoms with E-state index < -0.39 is 68.3 Å². The van der Waals surface area contributed by atoms with Crippen molar-refractivity contribution >= 4 is 129 Å². The molecule has 0 amide bonds. The Hall–Kier alpha value is -1.45. The molecule has 4 aliphatic carbocycles. The van der Waals surface area contributed by atoms with Crippen molar-refractivity contribution in [3.8, 4) is 0 Å². The van der Waals surface area contributed by atoms with E-state index in [1.807, 2.05) is 125 Å². The van der Waals surface area contributed by atoms with Gasteiger partial charge in [-0.3, -0.25) is 9.97 Å². The van der Waals surface area contributed by atoms with Crippen molar-refractivity contribution in [2.45, 2.75) is 236 Å². The molecule has 137 heavy (non-hydrogen) atoms. The summed E-state index contributed by atoms with van der Waals surface area (Å²) < 4.78 is 172. The van der Waals surface area contributed by atoms with E-state index in [0.717, 1.165) is 161 Å². The molecule has 0 unspecified atom stereocenters. The van der Waals surface area contributed by atoms with E-state index in [9.17, 15) is 56.3 Å². The third-order valence-electron chi connectivity index (χ3n) is 26.4. The summed E-state index contributed by atoms with van der Waals surface area (Å²) in [6.07, 6.45) is 0. The minimum absolute atomic E-state index is 0. The first-order valence-corrected chi connectivity index (χ1v) is 51.6.